The van der Waals surface area contributed by atoms with Crippen molar-refractivity contribution in [2.24, 2.45) is 0 Å². The van der Waals surface area contributed by atoms with Crippen molar-refractivity contribution in [1.82, 2.24) is 19.8 Å². The minimum Gasteiger partial charge on any atom is -0.355 e. The number of hydrogen-bond acceptors (Lipinski definition) is 5. The zero-order valence-electron chi connectivity index (χ0n) is 16.8. The first kappa shape index (κ1) is 20.9. The lowest BCUT2D eigenvalue weighted by Gasteiger charge is -2.33. The van der Waals surface area contributed by atoms with E-state index in [-0.39, 0.29) is 17.2 Å². The summed E-state index contributed by atoms with van der Waals surface area (Å²) in [5, 5.41) is 3.36. The second-order valence-corrected chi connectivity index (χ2v) is 8.29. The number of thioether (sulfide) groups is 1. The summed E-state index contributed by atoms with van der Waals surface area (Å²) in [5.74, 6) is 0.166. The first-order valence-electron chi connectivity index (χ1n) is 10.2. The van der Waals surface area contributed by atoms with Gasteiger partial charge in [0.05, 0.1) is 16.8 Å². The summed E-state index contributed by atoms with van der Waals surface area (Å²) in [6, 6.07) is 8.26. The van der Waals surface area contributed by atoms with Crippen LogP contribution in [0.4, 0.5) is 0 Å². The number of para-hydroxylation sites is 2. The number of aromatic nitrogens is 2. The molecule has 3 rings (SSSR count). The van der Waals surface area contributed by atoms with Crippen LogP contribution in [0.1, 0.15) is 39.5 Å². The molecule has 0 saturated carbocycles. The molecule has 1 fully saturated rings. The molecule has 1 atom stereocenters. The lowest BCUT2D eigenvalue weighted by Crippen LogP contribution is -2.39. The summed E-state index contributed by atoms with van der Waals surface area (Å²) in [7, 11) is 0. The second-order valence-electron chi connectivity index (χ2n) is 7.33. The van der Waals surface area contributed by atoms with Gasteiger partial charge >= 0.3 is 0 Å². The molecule has 1 aliphatic heterocycles. The van der Waals surface area contributed by atoms with E-state index in [9.17, 15) is 9.59 Å². The fourth-order valence-corrected chi connectivity index (χ4v) is 4.53. The van der Waals surface area contributed by atoms with Crippen LogP contribution in [0.5, 0.6) is 0 Å². The number of amides is 1. The second kappa shape index (κ2) is 10.1. The molecule has 1 N–H and O–H groups in total. The van der Waals surface area contributed by atoms with E-state index >= 15 is 0 Å². The fraction of sp³-hybridized carbons (Fsp3) is 0.571. The van der Waals surface area contributed by atoms with E-state index in [1.807, 2.05) is 31.2 Å². The lowest BCUT2D eigenvalue weighted by atomic mass is 10.0. The Kier molecular flexibility index (Phi) is 7.50. The molecular weight excluding hydrogens is 372 g/mol. The standard InChI is InChI=1S/C21H30N4O2S/c1-3-25-18-11-5-4-10-17(18)23-20(21(25)27)28-15-19(26)22-12-8-14-24-13-7-6-9-16(24)2/h4-5,10-11,16H,3,6-9,12-15H2,1-2H3,(H,22,26)/t16-/m0/s1. The number of rotatable bonds is 8. The topological polar surface area (TPSA) is 67.2 Å². The molecule has 0 unspecified atom stereocenters. The predicted molar refractivity (Wildman–Crippen MR) is 115 cm³/mol. The predicted octanol–water partition coefficient (Wildman–Crippen LogP) is 2.89. The van der Waals surface area contributed by atoms with Crippen molar-refractivity contribution >= 4 is 28.7 Å². The normalized spacial score (nSPS) is 17.7. The molecule has 6 nitrogen and oxygen atoms in total. The molecule has 0 radical (unpaired) electrons. The fourth-order valence-electron chi connectivity index (χ4n) is 3.76. The smallest absolute Gasteiger partial charge is 0.283 e. The average molecular weight is 403 g/mol. The van der Waals surface area contributed by atoms with Gasteiger partial charge < -0.3 is 14.8 Å². The van der Waals surface area contributed by atoms with E-state index in [4.69, 9.17) is 0 Å². The zero-order chi connectivity index (χ0) is 19.9. The van der Waals surface area contributed by atoms with Gasteiger partial charge in [0.1, 0.15) is 0 Å². The van der Waals surface area contributed by atoms with Crippen molar-refractivity contribution in [2.45, 2.75) is 57.1 Å². The van der Waals surface area contributed by atoms with Gasteiger partial charge in [-0.05, 0) is 51.8 Å². The largest absolute Gasteiger partial charge is 0.355 e. The summed E-state index contributed by atoms with van der Waals surface area (Å²) in [6.45, 7) is 7.68. The maximum atomic E-state index is 12.6. The number of nitrogens with one attached hydrogen (secondary N) is 1. The van der Waals surface area contributed by atoms with Crippen molar-refractivity contribution in [3.05, 3.63) is 34.6 Å². The van der Waals surface area contributed by atoms with Crippen LogP contribution in [0.3, 0.4) is 0 Å². The van der Waals surface area contributed by atoms with Gasteiger partial charge in [0, 0.05) is 25.7 Å². The first-order valence-corrected chi connectivity index (χ1v) is 11.2. The number of benzene rings is 1. The maximum Gasteiger partial charge on any atom is 0.283 e. The Hall–Kier alpha value is -1.86. The Balaban J connectivity index is 1.49. The molecule has 1 saturated heterocycles. The van der Waals surface area contributed by atoms with Gasteiger partial charge in [-0.2, -0.15) is 0 Å². The van der Waals surface area contributed by atoms with Crippen LogP contribution in [-0.4, -0.2) is 51.8 Å². The number of aryl methyl sites for hydroxylation is 1. The third kappa shape index (κ3) is 5.14. The molecule has 0 aliphatic carbocycles. The highest BCUT2D eigenvalue weighted by Gasteiger charge is 2.17. The number of carbonyl (C=O) groups excluding carboxylic acids is 1. The Morgan fingerprint density at radius 1 is 1.32 bits per heavy atom. The van der Waals surface area contributed by atoms with Crippen molar-refractivity contribution in [1.29, 1.82) is 0 Å². The average Bonchev–Trinajstić information content (AvgIpc) is 2.71. The highest BCUT2D eigenvalue weighted by atomic mass is 32.2. The van der Waals surface area contributed by atoms with E-state index in [1.54, 1.807) is 4.57 Å². The number of nitrogens with zero attached hydrogens (tertiary/aromatic N) is 3. The minimum atomic E-state index is -0.127. The van der Waals surface area contributed by atoms with E-state index in [2.05, 4.69) is 22.1 Å². The van der Waals surface area contributed by atoms with E-state index < -0.39 is 0 Å². The molecule has 0 spiro atoms. The molecule has 1 aromatic carbocycles. The molecule has 1 amide bonds. The number of fused-ring (bicyclic) bond motifs is 1. The summed E-state index contributed by atoms with van der Waals surface area (Å²) >= 11 is 1.22. The Morgan fingerprint density at radius 3 is 2.93 bits per heavy atom. The van der Waals surface area contributed by atoms with E-state index in [0.29, 0.717) is 24.2 Å². The van der Waals surface area contributed by atoms with Crippen LogP contribution in [0.25, 0.3) is 11.0 Å². The monoisotopic (exact) mass is 402 g/mol. The van der Waals surface area contributed by atoms with Gasteiger partial charge in [0.2, 0.25) is 5.91 Å². The molecule has 7 heteroatoms. The van der Waals surface area contributed by atoms with Gasteiger partial charge in [-0.15, -0.1) is 0 Å². The summed E-state index contributed by atoms with van der Waals surface area (Å²) < 4.78 is 1.71. The molecule has 0 bridgehead atoms. The minimum absolute atomic E-state index is 0.0471. The van der Waals surface area contributed by atoms with Crippen LogP contribution in [0, 0.1) is 0 Å². The number of piperidine rings is 1. The van der Waals surface area contributed by atoms with Crippen molar-refractivity contribution < 1.29 is 4.79 Å². The van der Waals surface area contributed by atoms with Crippen molar-refractivity contribution in [2.75, 3.05) is 25.4 Å². The van der Waals surface area contributed by atoms with Crippen LogP contribution in [0.15, 0.2) is 34.1 Å². The van der Waals surface area contributed by atoms with Crippen molar-refractivity contribution in [3.8, 4) is 0 Å². The third-order valence-electron chi connectivity index (χ3n) is 5.36. The van der Waals surface area contributed by atoms with Gasteiger partial charge in [-0.3, -0.25) is 9.59 Å². The SMILES string of the molecule is CCn1c(=O)c(SCC(=O)NCCCN2CCCC[C@@H]2C)nc2ccccc21. The lowest BCUT2D eigenvalue weighted by molar-refractivity contribution is -0.118. The van der Waals surface area contributed by atoms with Crippen molar-refractivity contribution in [3.63, 3.8) is 0 Å². The Labute approximate surface area is 170 Å². The highest BCUT2D eigenvalue weighted by Crippen LogP contribution is 2.17. The van der Waals surface area contributed by atoms with Crippen LogP contribution < -0.4 is 10.9 Å². The number of carbonyl (C=O) groups is 1. The van der Waals surface area contributed by atoms with Gasteiger partial charge in [0.15, 0.2) is 5.03 Å². The van der Waals surface area contributed by atoms with Gasteiger partial charge in [-0.25, -0.2) is 4.98 Å². The summed E-state index contributed by atoms with van der Waals surface area (Å²) in [4.78, 5) is 31.8. The van der Waals surface area contributed by atoms with E-state index in [0.717, 1.165) is 24.0 Å². The molecule has 2 aromatic rings. The molecule has 1 aromatic heterocycles. The van der Waals surface area contributed by atoms with Gasteiger partial charge in [-0.1, -0.05) is 30.3 Å². The zero-order valence-corrected chi connectivity index (χ0v) is 17.6. The quantitative estimate of drug-likeness (QED) is 0.543. The molecular formula is C21H30N4O2S. The van der Waals surface area contributed by atoms with Crippen LogP contribution >= 0.6 is 11.8 Å². The molecule has 152 valence electrons. The van der Waals surface area contributed by atoms with Crippen LogP contribution in [0.2, 0.25) is 0 Å². The molecule has 1 aliphatic rings. The first-order chi connectivity index (χ1) is 13.6. The van der Waals surface area contributed by atoms with Gasteiger partial charge in [0.25, 0.3) is 5.56 Å². The molecule has 28 heavy (non-hydrogen) atoms. The summed E-state index contributed by atoms with van der Waals surface area (Å²) in [6.07, 6.45) is 4.84. The summed E-state index contributed by atoms with van der Waals surface area (Å²) in [5.41, 5.74) is 1.48. The highest BCUT2D eigenvalue weighted by molar-refractivity contribution is 7.99. The Bertz CT molecular complexity index is 867. The maximum absolute atomic E-state index is 12.6. The van der Waals surface area contributed by atoms with E-state index in [1.165, 1.54) is 37.6 Å². The third-order valence-corrected chi connectivity index (χ3v) is 6.31. The number of hydrogen-bond donors (Lipinski definition) is 1. The molecule has 2 heterocycles. The Morgan fingerprint density at radius 2 is 2.14 bits per heavy atom. The number of likely N-dealkylation sites (tertiary alicyclic amines) is 1. The van der Waals surface area contributed by atoms with Crippen LogP contribution in [-0.2, 0) is 11.3 Å².